The van der Waals surface area contributed by atoms with Crippen LogP contribution in [0.25, 0.3) is 76.5 Å². The van der Waals surface area contributed by atoms with E-state index in [1.165, 1.54) is 75.3 Å². The Labute approximate surface area is 326 Å². The van der Waals surface area contributed by atoms with E-state index in [-0.39, 0.29) is 0 Å². The zero-order chi connectivity index (χ0) is 37.1. The van der Waals surface area contributed by atoms with Crippen molar-refractivity contribution in [1.82, 2.24) is 0 Å². The minimum absolute atomic E-state index is 0.897. The van der Waals surface area contributed by atoms with Crippen LogP contribution < -0.4 is 20.7 Å². The molecule has 1 aromatic heterocycles. The van der Waals surface area contributed by atoms with Crippen LogP contribution in [0.4, 0.5) is 0 Å². The molecule has 0 saturated heterocycles. The fourth-order valence-corrected chi connectivity index (χ4v) is 14.5. The molecule has 11 aromatic rings. The van der Waals surface area contributed by atoms with Crippen molar-refractivity contribution >= 4 is 83.1 Å². The van der Waals surface area contributed by atoms with Gasteiger partial charge in [0.25, 0.3) is 0 Å². The normalized spacial score (nSPS) is 11.9. The Morgan fingerprint density at radius 3 is 1.30 bits per heavy atom. The summed E-state index contributed by atoms with van der Waals surface area (Å²) in [7, 11) is -3.04. The first-order valence-electron chi connectivity index (χ1n) is 19.4. The molecule has 2 heteroatoms. The molecule has 0 N–H and O–H groups in total. The summed E-state index contributed by atoms with van der Waals surface area (Å²) in [6.07, 6.45) is 0. The minimum atomic E-state index is -3.04. The SMILES string of the molecule is c1ccc([Si](c2ccccc2)(c2ccccc2)c2ccc3c(oc4ccccc43)c2-c2c3ccccc3c(-c3cccc4ccccc34)c3ccccc23)cc1. The van der Waals surface area contributed by atoms with Crippen molar-refractivity contribution in [3.8, 4) is 22.3 Å². The van der Waals surface area contributed by atoms with Crippen molar-refractivity contribution in [3.63, 3.8) is 0 Å². The summed E-state index contributed by atoms with van der Waals surface area (Å²) >= 11 is 0. The Morgan fingerprint density at radius 1 is 0.286 bits per heavy atom. The van der Waals surface area contributed by atoms with Gasteiger partial charge in [-0.3, -0.25) is 0 Å². The van der Waals surface area contributed by atoms with Gasteiger partial charge in [0.1, 0.15) is 11.2 Å². The lowest BCUT2D eigenvalue weighted by molar-refractivity contribution is 0.670. The zero-order valence-corrected chi connectivity index (χ0v) is 31.7. The van der Waals surface area contributed by atoms with Gasteiger partial charge in [-0.25, -0.2) is 0 Å². The lowest BCUT2D eigenvalue weighted by atomic mass is 9.84. The Kier molecular flexibility index (Phi) is 7.58. The molecule has 0 radical (unpaired) electrons. The number of hydrogen-bond donors (Lipinski definition) is 0. The van der Waals surface area contributed by atoms with Crippen molar-refractivity contribution in [1.29, 1.82) is 0 Å². The van der Waals surface area contributed by atoms with E-state index >= 15 is 0 Å². The molecule has 10 aromatic carbocycles. The van der Waals surface area contributed by atoms with E-state index in [4.69, 9.17) is 4.42 Å². The minimum Gasteiger partial charge on any atom is -0.455 e. The molecule has 0 bridgehead atoms. The molecule has 262 valence electrons. The molecule has 0 saturated carbocycles. The van der Waals surface area contributed by atoms with E-state index in [1.54, 1.807) is 0 Å². The van der Waals surface area contributed by atoms with E-state index < -0.39 is 8.07 Å². The number of furan rings is 1. The predicted molar refractivity (Wildman–Crippen MR) is 241 cm³/mol. The van der Waals surface area contributed by atoms with Crippen LogP contribution in [0.15, 0.2) is 223 Å². The van der Waals surface area contributed by atoms with E-state index in [9.17, 15) is 0 Å². The molecule has 1 heterocycles. The van der Waals surface area contributed by atoms with Crippen molar-refractivity contribution in [3.05, 3.63) is 218 Å². The number of para-hydroxylation sites is 1. The summed E-state index contributed by atoms with van der Waals surface area (Å²) in [4.78, 5) is 0. The molecule has 56 heavy (non-hydrogen) atoms. The molecule has 0 atom stereocenters. The first kappa shape index (κ1) is 32.4. The molecule has 11 rings (SSSR count). The van der Waals surface area contributed by atoms with Crippen LogP contribution in [0.3, 0.4) is 0 Å². The van der Waals surface area contributed by atoms with Crippen molar-refractivity contribution in [2.24, 2.45) is 0 Å². The van der Waals surface area contributed by atoms with Gasteiger partial charge in [-0.05, 0) is 70.3 Å². The first-order chi connectivity index (χ1) is 27.8. The summed E-state index contributed by atoms with van der Waals surface area (Å²) in [6.45, 7) is 0. The monoisotopic (exact) mass is 728 g/mol. The van der Waals surface area contributed by atoms with Gasteiger partial charge < -0.3 is 4.42 Å². The Morgan fingerprint density at radius 2 is 0.732 bits per heavy atom. The van der Waals surface area contributed by atoms with E-state index in [0.29, 0.717) is 0 Å². The van der Waals surface area contributed by atoms with E-state index in [0.717, 1.165) is 21.9 Å². The van der Waals surface area contributed by atoms with Gasteiger partial charge in [0.2, 0.25) is 0 Å². The lowest BCUT2D eigenvalue weighted by Crippen LogP contribution is -2.75. The molecule has 1 nitrogen and oxygen atoms in total. The fraction of sp³-hybridized carbons (Fsp3) is 0. The molecule has 0 fully saturated rings. The first-order valence-corrected chi connectivity index (χ1v) is 21.4. The van der Waals surface area contributed by atoms with Crippen LogP contribution in [-0.2, 0) is 0 Å². The lowest BCUT2D eigenvalue weighted by Gasteiger charge is -2.36. The standard InChI is InChI=1S/C54H36OSi/c1-4-21-38(22-5-1)56(39-23-6-2-7-24-39,40-25-8-3-9-26-40)50-36-35-48-42-28-16-17-34-49(42)55-54(48)53(50)52-46-31-14-12-29-44(46)51(45-30-13-15-32-47(45)52)43-33-18-20-37-19-10-11-27-41(37)43/h1-36H. The van der Waals surface area contributed by atoms with Crippen LogP contribution in [-0.4, -0.2) is 8.07 Å². The topological polar surface area (TPSA) is 13.1 Å². The van der Waals surface area contributed by atoms with Crippen molar-refractivity contribution in [2.75, 3.05) is 0 Å². The summed E-state index contributed by atoms with van der Waals surface area (Å²) in [5.74, 6) is 0. The third kappa shape index (κ3) is 4.80. The zero-order valence-electron chi connectivity index (χ0n) is 30.7. The maximum atomic E-state index is 7.17. The van der Waals surface area contributed by atoms with Gasteiger partial charge in [0.05, 0.1) is 0 Å². The average Bonchev–Trinajstić information content (AvgIpc) is 3.66. The smallest absolute Gasteiger partial charge is 0.180 e. The average molecular weight is 729 g/mol. The van der Waals surface area contributed by atoms with Crippen molar-refractivity contribution in [2.45, 2.75) is 0 Å². The maximum Gasteiger partial charge on any atom is 0.180 e. The molecule has 0 spiro atoms. The third-order valence-corrected chi connectivity index (χ3v) is 16.6. The van der Waals surface area contributed by atoms with Crippen LogP contribution in [0.2, 0.25) is 0 Å². The second-order valence-electron chi connectivity index (χ2n) is 14.7. The molecule has 0 aliphatic carbocycles. The summed E-state index contributed by atoms with van der Waals surface area (Å²) in [5.41, 5.74) is 6.70. The molecular formula is C54H36OSi. The van der Waals surface area contributed by atoms with E-state index in [1.807, 2.05) is 0 Å². The summed E-state index contributed by atoms with van der Waals surface area (Å²) in [5, 5.41) is 14.9. The fourth-order valence-electron chi connectivity index (χ4n) is 9.51. The molecule has 0 unspecified atom stereocenters. The van der Waals surface area contributed by atoms with Gasteiger partial charge in [-0.15, -0.1) is 0 Å². The second kappa shape index (κ2) is 13.1. The third-order valence-electron chi connectivity index (χ3n) is 11.8. The van der Waals surface area contributed by atoms with Crippen LogP contribution in [0.5, 0.6) is 0 Å². The Bertz CT molecular complexity index is 3080. The van der Waals surface area contributed by atoms with Gasteiger partial charge in [-0.1, -0.05) is 212 Å². The van der Waals surface area contributed by atoms with Crippen LogP contribution in [0.1, 0.15) is 0 Å². The second-order valence-corrected chi connectivity index (χ2v) is 18.4. The predicted octanol–water partition coefficient (Wildman–Crippen LogP) is 11.8. The van der Waals surface area contributed by atoms with Gasteiger partial charge in [0.15, 0.2) is 8.07 Å². The number of rotatable bonds is 6. The molecule has 0 aliphatic rings. The highest BCUT2D eigenvalue weighted by Crippen LogP contribution is 2.47. The largest absolute Gasteiger partial charge is 0.455 e. The quantitative estimate of drug-likeness (QED) is 0.0944. The van der Waals surface area contributed by atoms with Gasteiger partial charge >= 0.3 is 0 Å². The Balaban J connectivity index is 1.39. The maximum absolute atomic E-state index is 7.17. The highest BCUT2D eigenvalue weighted by molar-refractivity contribution is 7.20. The molecule has 0 amide bonds. The molecule has 0 aliphatic heterocycles. The van der Waals surface area contributed by atoms with Gasteiger partial charge in [-0.2, -0.15) is 0 Å². The number of fused-ring (bicyclic) bond motifs is 6. The van der Waals surface area contributed by atoms with Crippen LogP contribution >= 0.6 is 0 Å². The van der Waals surface area contributed by atoms with Crippen molar-refractivity contribution < 1.29 is 4.42 Å². The number of benzene rings is 10. The summed E-state index contributed by atoms with van der Waals surface area (Å²) < 4.78 is 7.17. The highest BCUT2D eigenvalue weighted by atomic mass is 28.3. The Hall–Kier alpha value is -7.00. The van der Waals surface area contributed by atoms with Gasteiger partial charge in [0, 0.05) is 21.9 Å². The highest BCUT2D eigenvalue weighted by Gasteiger charge is 2.44. The number of hydrogen-bond acceptors (Lipinski definition) is 1. The summed E-state index contributed by atoms with van der Waals surface area (Å²) in [6, 6.07) is 80.5. The van der Waals surface area contributed by atoms with Crippen LogP contribution in [0, 0.1) is 0 Å². The van der Waals surface area contributed by atoms with E-state index in [2.05, 4.69) is 218 Å². The molecular weight excluding hydrogens is 693 g/mol.